The van der Waals surface area contributed by atoms with Gasteiger partial charge in [-0.2, -0.15) is 5.10 Å². The van der Waals surface area contributed by atoms with Gasteiger partial charge < -0.3 is 20.2 Å². The Labute approximate surface area is 238 Å². The second-order valence-corrected chi connectivity index (χ2v) is 11.9. The molecule has 1 aliphatic heterocycles. The average Bonchev–Trinajstić information content (AvgIpc) is 3.54. The van der Waals surface area contributed by atoms with E-state index in [1.165, 1.54) is 0 Å². The maximum atomic E-state index is 13.2. The van der Waals surface area contributed by atoms with Gasteiger partial charge in [-0.25, -0.2) is 9.97 Å². The number of aryl methyl sites for hydroxylation is 1. The third-order valence-corrected chi connectivity index (χ3v) is 7.68. The van der Waals surface area contributed by atoms with Crippen LogP contribution >= 0.6 is 0 Å². The van der Waals surface area contributed by atoms with Gasteiger partial charge in [-0.3, -0.25) is 14.4 Å². The molecule has 0 spiro atoms. The van der Waals surface area contributed by atoms with Gasteiger partial charge in [-0.05, 0) is 42.5 Å². The zero-order valence-electron chi connectivity index (χ0n) is 23.7. The van der Waals surface area contributed by atoms with E-state index in [4.69, 9.17) is 9.40 Å². The number of carbonyl (C=O) groups is 1. The lowest BCUT2D eigenvalue weighted by Gasteiger charge is -2.40. The number of amides is 1. The van der Waals surface area contributed by atoms with Crippen LogP contribution in [0.3, 0.4) is 0 Å². The molecule has 3 aromatic heterocycles. The van der Waals surface area contributed by atoms with E-state index in [2.05, 4.69) is 47.9 Å². The SMILES string of the molecule is Cn1cc(Nc2nccc(-c3ccc4c(c3)CN(C3CC(O)C3)CC[C@H]4NC(=O)c3nnc(C(C)(C)C)o3)n2)cn1. The number of anilines is 2. The van der Waals surface area contributed by atoms with Crippen molar-refractivity contribution in [1.29, 1.82) is 0 Å². The van der Waals surface area contributed by atoms with E-state index in [0.717, 1.165) is 53.9 Å². The number of benzene rings is 1. The van der Waals surface area contributed by atoms with Gasteiger partial charge in [-0.15, -0.1) is 10.2 Å². The van der Waals surface area contributed by atoms with Crippen molar-refractivity contribution >= 4 is 17.5 Å². The minimum atomic E-state index is -0.387. The highest BCUT2D eigenvalue weighted by Gasteiger charge is 2.35. The van der Waals surface area contributed by atoms with Gasteiger partial charge in [0.05, 0.1) is 29.7 Å². The molecule has 4 aromatic rings. The fraction of sp³-hybridized carbons (Fsp3) is 0.448. The third kappa shape index (κ3) is 5.84. The van der Waals surface area contributed by atoms with Crippen LogP contribution < -0.4 is 10.6 Å². The van der Waals surface area contributed by atoms with E-state index >= 15 is 0 Å². The molecule has 6 rings (SSSR count). The molecule has 4 heterocycles. The first kappa shape index (κ1) is 27.0. The molecule has 41 heavy (non-hydrogen) atoms. The number of nitrogens with zero attached hydrogens (tertiary/aromatic N) is 7. The van der Waals surface area contributed by atoms with Crippen LogP contribution in [0.1, 0.15) is 73.8 Å². The first-order chi connectivity index (χ1) is 19.6. The molecule has 1 aliphatic carbocycles. The van der Waals surface area contributed by atoms with Crippen molar-refractivity contribution in [2.75, 3.05) is 11.9 Å². The number of hydrogen-bond donors (Lipinski definition) is 3. The van der Waals surface area contributed by atoms with Crippen molar-refractivity contribution in [1.82, 2.24) is 40.2 Å². The van der Waals surface area contributed by atoms with Crippen LogP contribution in [0.4, 0.5) is 11.6 Å². The molecule has 214 valence electrons. The van der Waals surface area contributed by atoms with Gasteiger partial charge in [0.15, 0.2) is 0 Å². The van der Waals surface area contributed by atoms with Crippen LogP contribution in [0.15, 0.2) is 47.3 Å². The molecule has 1 fully saturated rings. The summed E-state index contributed by atoms with van der Waals surface area (Å²) in [7, 11) is 1.85. The monoisotopic (exact) mass is 557 g/mol. The zero-order chi connectivity index (χ0) is 28.7. The van der Waals surface area contributed by atoms with E-state index in [1.54, 1.807) is 17.1 Å². The van der Waals surface area contributed by atoms with Crippen molar-refractivity contribution in [2.24, 2.45) is 7.05 Å². The Hall–Kier alpha value is -4.16. The van der Waals surface area contributed by atoms with Crippen LogP contribution in [0.2, 0.25) is 0 Å². The molecular formula is C29H35N9O3. The molecule has 1 atom stereocenters. The van der Waals surface area contributed by atoms with Crippen LogP contribution in [0.5, 0.6) is 0 Å². The molecule has 1 amide bonds. The van der Waals surface area contributed by atoms with E-state index in [0.29, 0.717) is 24.4 Å². The predicted molar refractivity (Wildman–Crippen MR) is 151 cm³/mol. The fourth-order valence-corrected chi connectivity index (χ4v) is 5.34. The van der Waals surface area contributed by atoms with Crippen LogP contribution in [-0.4, -0.2) is 64.5 Å². The highest BCUT2D eigenvalue weighted by molar-refractivity contribution is 5.89. The Morgan fingerprint density at radius 1 is 1.17 bits per heavy atom. The minimum absolute atomic E-state index is 0.0362. The summed E-state index contributed by atoms with van der Waals surface area (Å²) >= 11 is 0. The predicted octanol–water partition coefficient (Wildman–Crippen LogP) is 3.50. The molecule has 12 nitrogen and oxygen atoms in total. The van der Waals surface area contributed by atoms with Crippen molar-refractivity contribution < 1.29 is 14.3 Å². The standard InChI is InChI=1S/C29H35N9O3/c1-29(2,3)27-36-35-26(41-27)25(40)33-24-8-10-38(20-12-21(39)13-20)15-18-11-17(5-6-22(18)24)23-7-9-30-28(34-23)32-19-14-31-37(4)16-19/h5-7,9,11,14,16,20-21,24,39H,8,10,12-13,15H2,1-4H3,(H,33,40)(H,30,32,34)/t20?,21?,24-/m1/s1. The Bertz CT molecular complexity index is 1550. The Morgan fingerprint density at radius 2 is 2.00 bits per heavy atom. The van der Waals surface area contributed by atoms with Gasteiger partial charge in [-0.1, -0.05) is 32.9 Å². The van der Waals surface area contributed by atoms with Gasteiger partial charge in [0.25, 0.3) is 0 Å². The normalized spacial score (nSPS) is 21.0. The van der Waals surface area contributed by atoms with Crippen molar-refractivity contribution in [3.63, 3.8) is 0 Å². The lowest BCUT2D eigenvalue weighted by Crippen LogP contribution is -2.47. The number of hydrogen-bond acceptors (Lipinski definition) is 10. The summed E-state index contributed by atoms with van der Waals surface area (Å²) in [5, 5.41) is 28.6. The van der Waals surface area contributed by atoms with E-state index in [-0.39, 0.29) is 29.4 Å². The highest BCUT2D eigenvalue weighted by atomic mass is 16.4. The number of fused-ring (bicyclic) bond motifs is 1. The molecule has 2 aliphatic rings. The Balaban J connectivity index is 1.28. The van der Waals surface area contributed by atoms with Crippen molar-refractivity contribution in [2.45, 2.75) is 70.2 Å². The summed E-state index contributed by atoms with van der Waals surface area (Å²) < 4.78 is 7.41. The van der Waals surface area contributed by atoms with Gasteiger partial charge in [0, 0.05) is 49.6 Å². The lowest BCUT2D eigenvalue weighted by atomic mass is 9.88. The van der Waals surface area contributed by atoms with Gasteiger partial charge >= 0.3 is 11.8 Å². The summed E-state index contributed by atoms with van der Waals surface area (Å²) in [4.78, 5) is 24.7. The number of aliphatic hydroxyl groups excluding tert-OH is 1. The quantitative estimate of drug-likeness (QED) is 0.322. The molecule has 1 aromatic carbocycles. The molecule has 0 bridgehead atoms. The summed E-state index contributed by atoms with van der Waals surface area (Å²) in [5.41, 5.74) is 4.34. The second-order valence-electron chi connectivity index (χ2n) is 11.9. The minimum Gasteiger partial charge on any atom is -0.416 e. The first-order valence-corrected chi connectivity index (χ1v) is 13.9. The van der Waals surface area contributed by atoms with Crippen LogP contribution in [0, 0.1) is 0 Å². The number of aromatic nitrogens is 6. The largest absolute Gasteiger partial charge is 0.416 e. The highest BCUT2D eigenvalue weighted by Crippen LogP contribution is 2.35. The first-order valence-electron chi connectivity index (χ1n) is 13.9. The maximum absolute atomic E-state index is 13.2. The molecule has 0 saturated heterocycles. The van der Waals surface area contributed by atoms with Gasteiger partial charge in [0.1, 0.15) is 0 Å². The van der Waals surface area contributed by atoms with Crippen LogP contribution in [0.25, 0.3) is 11.3 Å². The molecule has 0 unspecified atom stereocenters. The molecule has 3 N–H and O–H groups in total. The molecular weight excluding hydrogens is 522 g/mol. The zero-order valence-corrected chi connectivity index (χ0v) is 23.7. The number of aliphatic hydroxyl groups is 1. The van der Waals surface area contributed by atoms with E-state index in [1.807, 2.05) is 46.1 Å². The van der Waals surface area contributed by atoms with Gasteiger partial charge in [0.2, 0.25) is 11.8 Å². The number of carbonyl (C=O) groups excluding carboxylic acids is 1. The summed E-state index contributed by atoms with van der Waals surface area (Å²) in [6.07, 6.45) is 7.31. The topological polar surface area (TPSA) is 147 Å². The van der Waals surface area contributed by atoms with E-state index in [9.17, 15) is 9.90 Å². The third-order valence-electron chi connectivity index (χ3n) is 7.68. The average molecular weight is 558 g/mol. The summed E-state index contributed by atoms with van der Waals surface area (Å²) in [5.74, 6) is 0.480. The maximum Gasteiger partial charge on any atom is 0.309 e. The molecule has 12 heteroatoms. The Kier molecular flexibility index (Phi) is 7.04. The lowest BCUT2D eigenvalue weighted by molar-refractivity contribution is -0.00200. The molecule has 0 radical (unpaired) electrons. The summed E-state index contributed by atoms with van der Waals surface area (Å²) in [6, 6.07) is 8.20. The second kappa shape index (κ2) is 10.7. The Morgan fingerprint density at radius 3 is 2.71 bits per heavy atom. The summed E-state index contributed by atoms with van der Waals surface area (Å²) in [6.45, 7) is 7.39. The number of rotatable bonds is 6. The van der Waals surface area contributed by atoms with Crippen molar-refractivity contribution in [3.05, 3.63) is 65.8 Å². The molecule has 1 saturated carbocycles. The fourth-order valence-electron chi connectivity index (χ4n) is 5.34. The van der Waals surface area contributed by atoms with Crippen LogP contribution in [-0.2, 0) is 19.0 Å². The van der Waals surface area contributed by atoms with E-state index < -0.39 is 0 Å². The smallest absolute Gasteiger partial charge is 0.309 e. The van der Waals surface area contributed by atoms with Crippen molar-refractivity contribution in [3.8, 4) is 11.3 Å². The number of nitrogens with one attached hydrogen (secondary N) is 2.